The maximum Gasteiger partial charge on any atom is 0.215 e. The molecule has 20 heavy (non-hydrogen) atoms. The van der Waals surface area contributed by atoms with Crippen LogP contribution in [0.1, 0.15) is 18.5 Å². The Morgan fingerprint density at radius 1 is 1.55 bits per heavy atom. The van der Waals surface area contributed by atoms with Crippen molar-refractivity contribution in [1.29, 1.82) is 0 Å². The van der Waals surface area contributed by atoms with Crippen molar-refractivity contribution in [2.45, 2.75) is 25.3 Å². The van der Waals surface area contributed by atoms with E-state index in [9.17, 15) is 8.42 Å². The van der Waals surface area contributed by atoms with Crippen LogP contribution in [0.5, 0.6) is 0 Å². The van der Waals surface area contributed by atoms with Gasteiger partial charge in [0.2, 0.25) is 10.0 Å². The van der Waals surface area contributed by atoms with Gasteiger partial charge in [0, 0.05) is 24.9 Å². The van der Waals surface area contributed by atoms with E-state index in [2.05, 4.69) is 10.1 Å². The predicted octanol–water partition coefficient (Wildman–Crippen LogP) is 0.165. The van der Waals surface area contributed by atoms with Gasteiger partial charge in [0.05, 0.1) is 11.8 Å². The lowest BCUT2D eigenvalue weighted by atomic mass is 10.2. The Labute approximate surface area is 118 Å². The molecule has 7 nitrogen and oxygen atoms in total. The molecule has 0 saturated carbocycles. The number of oxime groups is 1. The lowest BCUT2D eigenvalue weighted by molar-refractivity contribution is 0.311. The van der Waals surface area contributed by atoms with Gasteiger partial charge >= 0.3 is 0 Å². The van der Waals surface area contributed by atoms with Crippen LogP contribution in [-0.4, -0.2) is 47.1 Å². The number of aryl methyl sites for hydroxylation is 1. The van der Waals surface area contributed by atoms with Gasteiger partial charge < -0.3 is 10.9 Å². The summed E-state index contributed by atoms with van der Waals surface area (Å²) in [6.45, 7) is 0.408. The number of aromatic nitrogens is 1. The van der Waals surface area contributed by atoms with Crippen LogP contribution >= 0.6 is 0 Å². The molecule has 0 radical (unpaired) electrons. The van der Waals surface area contributed by atoms with E-state index in [0.29, 0.717) is 25.8 Å². The molecule has 1 fully saturated rings. The van der Waals surface area contributed by atoms with E-state index in [1.165, 1.54) is 4.31 Å². The Kier molecular flexibility index (Phi) is 4.56. The lowest BCUT2D eigenvalue weighted by Gasteiger charge is -2.22. The third-order valence-corrected chi connectivity index (χ3v) is 5.23. The fraction of sp³-hybridized carbons (Fsp3) is 0.500. The van der Waals surface area contributed by atoms with Crippen LogP contribution < -0.4 is 5.73 Å². The van der Waals surface area contributed by atoms with Crippen LogP contribution in [-0.2, 0) is 16.4 Å². The van der Waals surface area contributed by atoms with Crippen molar-refractivity contribution >= 4 is 15.9 Å². The van der Waals surface area contributed by atoms with Gasteiger partial charge in [0.15, 0.2) is 5.84 Å². The van der Waals surface area contributed by atoms with E-state index in [1.54, 1.807) is 18.3 Å². The lowest BCUT2D eigenvalue weighted by Crippen LogP contribution is -2.44. The summed E-state index contributed by atoms with van der Waals surface area (Å²) < 4.78 is 26.0. The first-order chi connectivity index (χ1) is 9.54. The van der Waals surface area contributed by atoms with E-state index in [4.69, 9.17) is 10.9 Å². The van der Waals surface area contributed by atoms with Crippen molar-refractivity contribution in [3.8, 4) is 0 Å². The molecular formula is C12H18N4O3S. The van der Waals surface area contributed by atoms with Crippen molar-refractivity contribution < 1.29 is 13.6 Å². The van der Waals surface area contributed by atoms with Crippen molar-refractivity contribution in [1.82, 2.24) is 9.29 Å². The second kappa shape index (κ2) is 6.19. The van der Waals surface area contributed by atoms with Crippen molar-refractivity contribution in [3.63, 3.8) is 0 Å². The monoisotopic (exact) mass is 298 g/mol. The van der Waals surface area contributed by atoms with E-state index in [-0.39, 0.29) is 11.6 Å². The Morgan fingerprint density at radius 3 is 3.00 bits per heavy atom. The predicted molar refractivity (Wildman–Crippen MR) is 74.9 cm³/mol. The smallest absolute Gasteiger partial charge is 0.215 e. The molecule has 0 aliphatic carbocycles. The Balaban J connectivity index is 2.06. The average Bonchev–Trinajstić information content (AvgIpc) is 2.96. The zero-order valence-electron chi connectivity index (χ0n) is 11.0. The number of hydrogen-bond donors (Lipinski definition) is 2. The number of nitrogens with two attached hydrogens (primary N) is 1. The molecule has 0 amide bonds. The number of pyridine rings is 1. The van der Waals surface area contributed by atoms with Gasteiger partial charge in [-0.05, 0) is 25.0 Å². The fourth-order valence-corrected chi connectivity index (χ4v) is 4.04. The summed E-state index contributed by atoms with van der Waals surface area (Å²) in [6.07, 6.45) is 3.28. The molecule has 0 bridgehead atoms. The summed E-state index contributed by atoms with van der Waals surface area (Å²) in [6, 6.07) is 4.87. The summed E-state index contributed by atoms with van der Waals surface area (Å²) in [5.74, 6) is -0.0805. The number of rotatable bonds is 5. The van der Waals surface area contributed by atoms with Gasteiger partial charge in [-0.3, -0.25) is 4.98 Å². The highest BCUT2D eigenvalue weighted by atomic mass is 32.2. The molecular weight excluding hydrogens is 280 g/mol. The van der Waals surface area contributed by atoms with Gasteiger partial charge in [-0.25, -0.2) is 8.42 Å². The largest absolute Gasteiger partial charge is 0.409 e. The maximum absolute atomic E-state index is 12.3. The molecule has 1 atom stereocenters. The Morgan fingerprint density at radius 2 is 2.35 bits per heavy atom. The zero-order chi connectivity index (χ0) is 14.6. The molecule has 0 spiro atoms. The standard InChI is InChI=1S/C12H18N4O3S/c13-12(15-17)11-5-3-8-16(11)20(18,19)9-6-10-4-1-2-7-14-10/h1-2,4,7,11,17H,3,5-6,8-9H2,(H2,13,15). The van der Waals surface area contributed by atoms with E-state index in [1.807, 2.05) is 6.07 Å². The summed E-state index contributed by atoms with van der Waals surface area (Å²) >= 11 is 0. The molecule has 1 aliphatic rings. The molecule has 1 saturated heterocycles. The van der Waals surface area contributed by atoms with Crippen LogP contribution in [0.3, 0.4) is 0 Å². The van der Waals surface area contributed by atoms with Crippen LogP contribution in [0, 0.1) is 0 Å². The quantitative estimate of drug-likeness (QED) is 0.348. The summed E-state index contributed by atoms with van der Waals surface area (Å²) in [4.78, 5) is 4.11. The van der Waals surface area contributed by atoms with Crippen LogP contribution in [0.25, 0.3) is 0 Å². The molecule has 1 aliphatic heterocycles. The number of sulfonamides is 1. The van der Waals surface area contributed by atoms with E-state index >= 15 is 0 Å². The maximum atomic E-state index is 12.3. The molecule has 0 aromatic carbocycles. The topological polar surface area (TPSA) is 109 Å². The minimum absolute atomic E-state index is 0.0285. The summed E-state index contributed by atoms with van der Waals surface area (Å²) in [5, 5.41) is 11.6. The Bertz CT molecular complexity index is 574. The fourth-order valence-electron chi connectivity index (χ4n) is 2.33. The molecule has 3 N–H and O–H groups in total. The minimum atomic E-state index is -3.44. The highest BCUT2D eigenvalue weighted by Gasteiger charge is 2.36. The second-order valence-electron chi connectivity index (χ2n) is 4.68. The second-order valence-corrected chi connectivity index (χ2v) is 6.72. The first-order valence-electron chi connectivity index (χ1n) is 6.41. The molecule has 2 rings (SSSR count). The molecule has 110 valence electrons. The highest BCUT2D eigenvalue weighted by molar-refractivity contribution is 7.89. The highest BCUT2D eigenvalue weighted by Crippen LogP contribution is 2.22. The molecule has 1 aromatic rings. The first kappa shape index (κ1) is 14.7. The van der Waals surface area contributed by atoms with Gasteiger partial charge in [-0.15, -0.1) is 0 Å². The van der Waals surface area contributed by atoms with E-state index < -0.39 is 16.1 Å². The van der Waals surface area contributed by atoms with E-state index in [0.717, 1.165) is 5.69 Å². The van der Waals surface area contributed by atoms with Crippen molar-refractivity contribution in [2.24, 2.45) is 10.9 Å². The summed E-state index contributed by atoms with van der Waals surface area (Å²) in [5.41, 5.74) is 6.29. The number of nitrogens with zero attached hydrogens (tertiary/aromatic N) is 3. The number of amidine groups is 1. The third-order valence-electron chi connectivity index (χ3n) is 3.36. The van der Waals surface area contributed by atoms with Crippen molar-refractivity contribution in [2.75, 3.05) is 12.3 Å². The SMILES string of the molecule is NC(=NO)C1CCCN1S(=O)(=O)CCc1ccccn1. The molecule has 1 aromatic heterocycles. The molecule has 2 heterocycles. The van der Waals surface area contributed by atoms with Crippen molar-refractivity contribution in [3.05, 3.63) is 30.1 Å². The minimum Gasteiger partial charge on any atom is -0.409 e. The van der Waals surface area contributed by atoms with Crippen LogP contribution in [0.4, 0.5) is 0 Å². The van der Waals surface area contributed by atoms with Gasteiger partial charge in [0.25, 0.3) is 0 Å². The van der Waals surface area contributed by atoms with Crippen LogP contribution in [0.2, 0.25) is 0 Å². The third kappa shape index (κ3) is 3.26. The first-order valence-corrected chi connectivity index (χ1v) is 8.02. The van der Waals surface area contributed by atoms with Crippen LogP contribution in [0.15, 0.2) is 29.6 Å². The van der Waals surface area contributed by atoms with Gasteiger partial charge in [-0.2, -0.15) is 4.31 Å². The Hall–Kier alpha value is -1.67. The normalized spacial score (nSPS) is 21.2. The van der Waals surface area contributed by atoms with Gasteiger partial charge in [-0.1, -0.05) is 11.2 Å². The molecule has 1 unspecified atom stereocenters. The summed E-state index contributed by atoms with van der Waals surface area (Å²) in [7, 11) is -3.44. The zero-order valence-corrected chi connectivity index (χ0v) is 11.8. The number of hydrogen-bond acceptors (Lipinski definition) is 5. The molecule has 8 heteroatoms. The van der Waals surface area contributed by atoms with Gasteiger partial charge in [0.1, 0.15) is 0 Å². The average molecular weight is 298 g/mol.